The van der Waals surface area contributed by atoms with Gasteiger partial charge in [0, 0.05) is 6.04 Å². The van der Waals surface area contributed by atoms with Crippen molar-refractivity contribution in [2.24, 2.45) is 0 Å². The Kier molecular flexibility index (Phi) is 4.74. The van der Waals surface area contributed by atoms with Gasteiger partial charge in [-0.25, -0.2) is 0 Å². The van der Waals surface area contributed by atoms with Gasteiger partial charge in [-0.3, -0.25) is 0 Å². The van der Waals surface area contributed by atoms with Crippen LogP contribution in [0.1, 0.15) is 51.8 Å². The first-order valence-electron chi connectivity index (χ1n) is 5.57. The lowest BCUT2D eigenvalue weighted by Gasteiger charge is -2.20. The molecule has 80 valence electrons. The van der Waals surface area contributed by atoms with E-state index in [-0.39, 0.29) is 0 Å². The van der Waals surface area contributed by atoms with E-state index in [1.54, 1.807) is 6.26 Å². The molecule has 1 heterocycles. The Hall–Kier alpha value is -0.760. The predicted octanol–water partition coefficient (Wildman–Crippen LogP) is 3.51. The molecule has 2 unspecified atom stereocenters. The topological polar surface area (TPSA) is 25.2 Å². The third-order valence-corrected chi connectivity index (χ3v) is 2.59. The van der Waals surface area contributed by atoms with Crippen molar-refractivity contribution < 1.29 is 4.42 Å². The number of hydrogen-bond acceptors (Lipinski definition) is 2. The van der Waals surface area contributed by atoms with Gasteiger partial charge < -0.3 is 9.73 Å². The van der Waals surface area contributed by atoms with Gasteiger partial charge in [-0.15, -0.1) is 0 Å². The van der Waals surface area contributed by atoms with E-state index >= 15 is 0 Å². The molecule has 0 aliphatic rings. The monoisotopic (exact) mass is 195 g/mol. The highest BCUT2D eigenvalue weighted by Crippen LogP contribution is 2.15. The maximum atomic E-state index is 5.36. The molecule has 0 bridgehead atoms. The third kappa shape index (κ3) is 3.18. The van der Waals surface area contributed by atoms with Gasteiger partial charge in [0.15, 0.2) is 0 Å². The first-order valence-corrected chi connectivity index (χ1v) is 5.57. The van der Waals surface area contributed by atoms with Gasteiger partial charge in [-0.05, 0) is 31.9 Å². The Balaban J connectivity index is 2.42. The zero-order chi connectivity index (χ0) is 10.4. The lowest BCUT2D eigenvalue weighted by Crippen LogP contribution is -2.30. The summed E-state index contributed by atoms with van der Waals surface area (Å²) in [6.07, 6.45) is 5.38. The van der Waals surface area contributed by atoms with E-state index < -0.39 is 0 Å². The zero-order valence-corrected chi connectivity index (χ0v) is 9.42. The summed E-state index contributed by atoms with van der Waals surface area (Å²) < 4.78 is 5.36. The van der Waals surface area contributed by atoms with Crippen molar-refractivity contribution in [2.75, 3.05) is 0 Å². The second-order valence-corrected chi connectivity index (χ2v) is 3.80. The highest BCUT2D eigenvalue weighted by molar-refractivity contribution is 5.03. The van der Waals surface area contributed by atoms with Gasteiger partial charge in [-0.2, -0.15) is 0 Å². The summed E-state index contributed by atoms with van der Waals surface area (Å²) in [6.45, 7) is 6.60. The standard InChI is InChI=1S/C12H21NO/c1-4-7-11(5-2)13-10(3)12-8-6-9-14-12/h6,8-11,13H,4-5,7H2,1-3H3. The molecule has 0 saturated carbocycles. The molecule has 0 fully saturated rings. The summed E-state index contributed by atoms with van der Waals surface area (Å²) in [7, 11) is 0. The van der Waals surface area contributed by atoms with Crippen molar-refractivity contribution in [3.05, 3.63) is 24.2 Å². The van der Waals surface area contributed by atoms with Crippen LogP contribution < -0.4 is 5.32 Å². The normalized spacial score (nSPS) is 15.4. The maximum absolute atomic E-state index is 5.36. The van der Waals surface area contributed by atoms with Crippen molar-refractivity contribution in [3.8, 4) is 0 Å². The molecule has 1 aromatic rings. The summed E-state index contributed by atoms with van der Waals surface area (Å²) in [5.74, 6) is 1.03. The van der Waals surface area contributed by atoms with Gasteiger partial charge >= 0.3 is 0 Å². The molecule has 0 amide bonds. The molecular formula is C12H21NO. The van der Waals surface area contributed by atoms with Crippen molar-refractivity contribution >= 4 is 0 Å². The molecule has 0 aliphatic carbocycles. The summed E-state index contributed by atoms with van der Waals surface area (Å²) in [5, 5.41) is 3.58. The summed E-state index contributed by atoms with van der Waals surface area (Å²) in [6, 6.07) is 4.89. The number of nitrogens with one attached hydrogen (secondary N) is 1. The maximum Gasteiger partial charge on any atom is 0.120 e. The van der Waals surface area contributed by atoms with Crippen molar-refractivity contribution in [1.82, 2.24) is 5.32 Å². The molecule has 1 rings (SSSR count). The molecule has 0 spiro atoms. The Morgan fingerprint density at radius 2 is 2.21 bits per heavy atom. The average molecular weight is 195 g/mol. The first-order chi connectivity index (χ1) is 6.77. The second kappa shape index (κ2) is 5.86. The highest BCUT2D eigenvalue weighted by Gasteiger charge is 2.12. The quantitative estimate of drug-likeness (QED) is 0.751. The summed E-state index contributed by atoms with van der Waals surface area (Å²) in [4.78, 5) is 0. The van der Waals surface area contributed by atoms with E-state index in [9.17, 15) is 0 Å². The first kappa shape index (κ1) is 11.3. The molecule has 2 nitrogen and oxygen atoms in total. The Bertz CT molecular complexity index is 230. The van der Waals surface area contributed by atoms with E-state index in [1.165, 1.54) is 19.3 Å². The molecular weight excluding hydrogens is 174 g/mol. The van der Waals surface area contributed by atoms with Crippen LogP contribution in [0.4, 0.5) is 0 Å². The van der Waals surface area contributed by atoms with Crippen LogP contribution in [0.25, 0.3) is 0 Å². The lowest BCUT2D eigenvalue weighted by atomic mass is 10.1. The van der Waals surface area contributed by atoms with Gasteiger partial charge in [0.25, 0.3) is 0 Å². The molecule has 0 aromatic carbocycles. The lowest BCUT2D eigenvalue weighted by molar-refractivity contribution is 0.368. The SMILES string of the molecule is CCCC(CC)NC(C)c1ccco1. The molecule has 0 saturated heterocycles. The fourth-order valence-corrected chi connectivity index (χ4v) is 1.73. The van der Waals surface area contributed by atoms with Crippen LogP contribution >= 0.6 is 0 Å². The van der Waals surface area contributed by atoms with E-state index in [2.05, 4.69) is 26.1 Å². The Morgan fingerprint density at radius 3 is 2.71 bits per heavy atom. The van der Waals surface area contributed by atoms with Crippen molar-refractivity contribution in [1.29, 1.82) is 0 Å². The molecule has 1 aromatic heterocycles. The number of rotatable bonds is 6. The van der Waals surface area contributed by atoms with E-state index in [0.717, 1.165) is 5.76 Å². The van der Waals surface area contributed by atoms with Gasteiger partial charge in [0.05, 0.1) is 12.3 Å². The van der Waals surface area contributed by atoms with Gasteiger partial charge in [0.1, 0.15) is 5.76 Å². The van der Waals surface area contributed by atoms with Crippen LogP contribution in [-0.2, 0) is 0 Å². The minimum Gasteiger partial charge on any atom is -0.468 e. The minimum atomic E-state index is 0.321. The highest BCUT2D eigenvalue weighted by atomic mass is 16.3. The van der Waals surface area contributed by atoms with Crippen molar-refractivity contribution in [3.63, 3.8) is 0 Å². The molecule has 0 aliphatic heterocycles. The van der Waals surface area contributed by atoms with Gasteiger partial charge in [0.2, 0.25) is 0 Å². The molecule has 2 heteroatoms. The third-order valence-electron chi connectivity index (χ3n) is 2.59. The fraction of sp³-hybridized carbons (Fsp3) is 0.667. The largest absolute Gasteiger partial charge is 0.468 e. The number of furan rings is 1. The number of hydrogen-bond donors (Lipinski definition) is 1. The summed E-state index contributed by atoms with van der Waals surface area (Å²) in [5.41, 5.74) is 0. The summed E-state index contributed by atoms with van der Waals surface area (Å²) >= 11 is 0. The van der Waals surface area contributed by atoms with Gasteiger partial charge in [-0.1, -0.05) is 20.3 Å². The smallest absolute Gasteiger partial charge is 0.120 e. The van der Waals surface area contributed by atoms with Crippen molar-refractivity contribution in [2.45, 2.75) is 52.1 Å². The van der Waals surface area contributed by atoms with Crippen LogP contribution in [0, 0.1) is 0 Å². The molecule has 14 heavy (non-hydrogen) atoms. The molecule has 2 atom stereocenters. The zero-order valence-electron chi connectivity index (χ0n) is 9.42. The second-order valence-electron chi connectivity index (χ2n) is 3.80. The Morgan fingerprint density at radius 1 is 1.43 bits per heavy atom. The minimum absolute atomic E-state index is 0.321. The molecule has 1 N–H and O–H groups in total. The van der Waals surface area contributed by atoms with Crippen LogP contribution in [0.15, 0.2) is 22.8 Å². The predicted molar refractivity (Wildman–Crippen MR) is 59.2 cm³/mol. The molecule has 0 radical (unpaired) electrons. The Labute approximate surface area is 86.7 Å². The van der Waals surface area contributed by atoms with E-state index in [1.807, 2.05) is 12.1 Å². The fourth-order valence-electron chi connectivity index (χ4n) is 1.73. The van der Waals surface area contributed by atoms with E-state index in [0.29, 0.717) is 12.1 Å². The van der Waals surface area contributed by atoms with Crippen LogP contribution in [0.2, 0.25) is 0 Å². The van der Waals surface area contributed by atoms with Crippen LogP contribution in [-0.4, -0.2) is 6.04 Å². The average Bonchev–Trinajstić information content (AvgIpc) is 2.69. The van der Waals surface area contributed by atoms with E-state index in [4.69, 9.17) is 4.42 Å². The van der Waals surface area contributed by atoms with Crippen LogP contribution in [0.5, 0.6) is 0 Å². The van der Waals surface area contributed by atoms with Crippen LogP contribution in [0.3, 0.4) is 0 Å².